The molecule has 0 saturated heterocycles. The molecule has 0 aromatic heterocycles. The van der Waals surface area contributed by atoms with Gasteiger partial charge in [-0.3, -0.25) is 0 Å². The summed E-state index contributed by atoms with van der Waals surface area (Å²) in [6, 6.07) is 12.8. The van der Waals surface area contributed by atoms with Gasteiger partial charge in [0.05, 0.1) is 18.8 Å². The van der Waals surface area contributed by atoms with Crippen LogP contribution in [0.15, 0.2) is 42.5 Å². The first-order chi connectivity index (χ1) is 11.6. The van der Waals surface area contributed by atoms with Crippen molar-refractivity contribution in [2.75, 3.05) is 18.5 Å². The quantitative estimate of drug-likeness (QED) is 0.689. The molecular weight excluding hydrogens is 326 g/mol. The lowest BCUT2D eigenvalue weighted by molar-refractivity contribution is 0.0526. The lowest BCUT2D eigenvalue weighted by Crippen LogP contribution is -2.06. The molecule has 5 heteroatoms. The number of halogens is 1. The zero-order valence-electron chi connectivity index (χ0n) is 14.0. The van der Waals surface area contributed by atoms with Crippen LogP contribution in [-0.2, 0) is 11.3 Å². The second-order valence-electron chi connectivity index (χ2n) is 5.25. The molecule has 0 radical (unpaired) electrons. The maximum absolute atomic E-state index is 11.6. The number of hydrogen-bond acceptors (Lipinski definition) is 4. The Kier molecular flexibility index (Phi) is 6.94. The van der Waals surface area contributed by atoms with Crippen molar-refractivity contribution < 1.29 is 14.3 Å². The van der Waals surface area contributed by atoms with Gasteiger partial charge in [-0.2, -0.15) is 0 Å². The number of esters is 1. The maximum Gasteiger partial charge on any atom is 0.338 e. The summed E-state index contributed by atoms with van der Waals surface area (Å²) in [5.41, 5.74) is 2.44. The van der Waals surface area contributed by atoms with E-state index >= 15 is 0 Å². The van der Waals surface area contributed by atoms with E-state index in [9.17, 15) is 4.79 Å². The van der Waals surface area contributed by atoms with E-state index in [4.69, 9.17) is 21.1 Å². The number of carbonyl (C=O) groups is 1. The number of anilines is 1. The minimum absolute atomic E-state index is 0.311. The molecule has 0 heterocycles. The van der Waals surface area contributed by atoms with Gasteiger partial charge in [0.1, 0.15) is 5.75 Å². The number of benzene rings is 2. The van der Waals surface area contributed by atoms with Crippen molar-refractivity contribution in [2.45, 2.75) is 26.8 Å². The Labute approximate surface area is 147 Å². The summed E-state index contributed by atoms with van der Waals surface area (Å²) in [6.07, 6.45) is 0.949. The van der Waals surface area contributed by atoms with Crippen LogP contribution in [-0.4, -0.2) is 19.2 Å². The van der Waals surface area contributed by atoms with Crippen LogP contribution in [0.4, 0.5) is 5.69 Å². The molecule has 1 N–H and O–H groups in total. The van der Waals surface area contributed by atoms with Crippen molar-refractivity contribution in [3.8, 4) is 5.75 Å². The van der Waals surface area contributed by atoms with Gasteiger partial charge in [-0.15, -0.1) is 0 Å². The van der Waals surface area contributed by atoms with Gasteiger partial charge in [-0.05, 0) is 55.8 Å². The van der Waals surface area contributed by atoms with Gasteiger partial charge in [-0.1, -0.05) is 18.5 Å². The lowest BCUT2D eigenvalue weighted by Gasteiger charge is -2.13. The molecule has 0 amide bonds. The number of nitrogens with one attached hydrogen (secondary N) is 1. The monoisotopic (exact) mass is 347 g/mol. The molecule has 2 aromatic carbocycles. The SMILES string of the molecule is CCCOc1ccc(Cl)cc1CNc1ccc(C(=O)OCC)cc1. The second kappa shape index (κ2) is 9.18. The average Bonchev–Trinajstić information content (AvgIpc) is 2.60. The first kappa shape index (κ1) is 18.1. The Morgan fingerprint density at radius 1 is 1.12 bits per heavy atom. The first-order valence-electron chi connectivity index (χ1n) is 8.06. The van der Waals surface area contributed by atoms with Gasteiger partial charge >= 0.3 is 5.97 Å². The Hall–Kier alpha value is -2.20. The largest absolute Gasteiger partial charge is 0.493 e. The number of carbonyl (C=O) groups excluding carboxylic acids is 1. The van der Waals surface area contributed by atoms with E-state index in [1.807, 2.05) is 30.3 Å². The Morgan fingerprint density at radius 3 is 2.54 bits per heavy atom. The normalized spacial score (nSPS) is 10.3. The van der Waals surface area contributed by atoms with Crippen molar-refractivity contribution >= 4 is 23.3 Å². The zero-order valence-corrected chi connectivity index (χ0v) is 14.7. The predicted octanol–water partition coefficient (Wildman–Crippen LogP) is 4.92. The topological polar surface area (TPSA) is 47.6 Å². The molecule has 0 aliphatic rings. The average molecular weight is 348 g/mol. The summed E-state index contributed by atoms with van der Waals surface area (Å²) in [5.74, 6) is 0.519. The van der Waals surface area contributed by atoms with Gasteiger partial charge in [0, 0.05) is 22.8 Å². The standard InChI is InChI=1S/C19H22ClNO3/c1-3-11-24-18-10-7-16(20)12-15(18)13-21-17-8-5-14(6-9-17)19(22)23-4-2/h5-10,12,21H,3-4,11,13H2,1-2H3. The van der Waals surface area contributed by atoms with Gasteiger partial charge < -0.3 is 14.8 Å². The molecule has 0 spiro atoms. The zero-order chi connectivity index (χ0) is 17.4. The third kappa shape index (κ3) is 5.17. The molecule has 0 bridgehead atoms. The predicted molar refractivity (Wildman–Crippen MR) is 97.0 cm³/mol. The lowest BCUT2D eigenvalue weighted by atomic mass is 10.1. The van der Waals surface area contributed by atoms with E-state index < -0.39 is 0 Å². The van der Waals surface area contributed by atoms with E-state index in [-0.39, 0.29) is 5.97 Å². The smallest absolute Gasteiger partial charge is 0.338 e. The molecular formula is C19H22ClNO3. The molecule has 0 unspecified atom stereocenters. The molecule has 0 aliphatic carbocycles. The fourth-order valence-corrected chi connectivity index (χ4v) is 2.37. The van der Waals surface area contributed by atoms with Crippen LogP contribution in [0.1, 0.15) is 36.2 Å². The van der Waals surface area contributed by atoms with Gasteiger partial charge in [0.25, 0.3) is 0 Å². The molecule has 0 aliphatic heterocycles. The van der Waals surface area contributed by atoms with Crippen molar-refractivity contribution in [3.63, 3.8) is 0 Å². The Balaban J connectivity index is 2.02. The van der Waals surface area contributed by atoms with Crippen molar-refractivity contribution in [3.05, 3.63) is 58.6 Å². The number of rotatable bonds is 8. The minimum atomic E-state index is -0.311. The van der Waals surface area contributed by atoms with E-state index in [2.05, 4.69) is 12.2 Å². The van der Waals surface area contributed by atoms with Crippen LogP contribution >= 0.6 is 11.6 Å². The molecule has 0 saturated carbocycles. The summed E-state index contributed by atoms with van der Waals surface area (Å²) >= 11 is 6.08. The van der Waals surface area contributed by atoms with Gasteiger partial charge in [0.15, 0.2) is 0 Å². The third-order valence-corrected chi connectivity index (χ3v) is 3.60. The van der Waals surface area contributed by atoms with Crippen LogP contribution in [0.5, 0.6) is 5.75 Å². The highest BCUT2D eigenvalue weighted by molar-refractivity contribution is 6.30. The summed E-state index contributed by atoms with van der Waals surface area (Å²) in [5, 5.41) is 3.99. The summed E-state index contributed by atoms with van der Waals surface area (Å²) in [4.78, 5) is 11.6. The van der Waals surface area contributed by atoms with Crippen LogP contribution < -0.4 is 10.1 Å². The van der Waals surface area contributed by atoms with E-state index in [1.54, 1.807) is 19.1 Å². The molecule has 2 rings (SSSR count). The highest BCUT2D eigenvalue weighted by atomic mass is 35.5. The van der Waals surface area contributed by atoms with Crippen LogP contribution in [0, 0.1) is 0 Å². The van der Waals surface area contributed by atoms with E-state index in [0.717, 1.165) is 23.4 Å². The van der Waals surface area contributed by atoms with E-state index in [1.165, 1.54) is 0 Å². The number of ether oxygens (including phenoxy) is 2. The first-order valence-corrected chi connectivity index (χ1v) is 8.44. The van der Waals surface area contributed by atoms with Crippen molar-refractivity contribution in [1.82, 2.24) is 0 Å². The van der Waals surface area contributed by atoms with Crippen molar-refractivity contribution in [1.29, 1.82) is 0 Å². The Bertz CT molecular complexity index is 671. The Morgan fingerprint density at radius 2 is 1.88 bits per heavy atom. The van der Waals surface area contributed by atoms with Gasteiger partial charge in [-0.25, -0.2) is 4.79 Å². The van der Waals surface area contributed by atoms with Crippen LogP contribution in [0.25, 0.3) is 0 Å². The van der Waals surface area contributed by atoms with Gasteiger partial charge in [0.2, 0.25) is 0 Å². The summed E-state index contributed by atoms with van der Waals surface area (Å²) in [7, 11) is 0. The maximum atomic E-state index is 11.6. The molecule has 0 atom stereocenters. The highest BCUT2D eigenvalue weighted by Crippen LogP contribution is 2.24. The summed E-state index contributed by atoms with van der Waals surface area (Å²) < 4.78 is 10.7. The fourth-order valence-electron chi connectivity index (χ4n) is 2.17. The molecule has 4 nitrogen and oxygen atoms in total. The molecule has 0 fully saturated rings. The number of hydrogen-bond donors (Lipinski definition) is 1. The fraction of sp³-hybridized carbons (Fsp3) is 0.316. The highest BCUT2D eigenvalue weighted by Gasteiger charge is 2.07. The summed E-state index contributed by atoms with van der Waals surface area (Å²) in [6.45, 7) is 5.48. The van der Waals surface area contributed by atoms with Crippen molar-refractivity contribution in [2.24, 2.45) is 0 Å². The third-order valence-electron chi connectivity index (χ3n) is 3.36. The molecule has 2 aromatic rings. The van der Waals surface area contributed by atoms with Crippen LogP contribution in [0.3, 0.4) is 0 Å². The minimum Gasteiger partial charge on any atom is -0.493 e. The van der Waals surface area contributed by atoms with E-state index in [0.29, 0.717) is 30.3 Å². The van der Waals surface area contributed by atoms with Crippen LogP contribution in [0.2, 0.25) is 5.02 Å². The molecule has 24 heavy (non-hydrogen) atoms. The molecule has 128 valence electrons. The second-order valence-corrected chi connectivity index (χ2v) is 5.69.